The molecule has 2 unspecified atom stereocenters. The summed E-state index contributed by atoms with van der Waals surface area (Å²) in [4.78, 5) is 30.6. The quantitative estimate of drug-likeness (QED) is 0.814. The van der Waals surface area contributed by atoms with Crippen LogP contribution in [0, 0.1) is 0 Å². The number of hydrogen-bond acceptors (Lipinski definition) is 2. The smallest absolute Gasteiger partial charge is 0.323 e. The number of aromatic nitrogens is 2. The Morgan fingerprint density at radius 3 is 2.32 bits per heavy atom. The molecule has 1 fully saturated rings. The maximum Gasteiger partial charge on any atom is 0.323 e. The van der Waals surface area contributed by atoms with Gasteiger partial charge < -0.3 is 14.9 Å². The van der Waals surface area contributed by atoms with Gasteiger partial charge in [0.05, 0.1) is 12.1 Å². The lowest BCUT2D eigenvalue weighted by molar-refractivity contribution is 0.0691. The Morgan fingerprint density at radius 2 is 1.79 bits per heavy atom. The van der Waals surface area contributed by atoms with E-state index >= 15 is 0 Å². The van der Waals surface area contributed by atoms with Gasteiger partial charge in [-0.15, -0.1) is 0 Å². The Kier molecular flexibility index (Phi) is 2.01. The summed E-state index contributed by atoms with van der Waals surface area (Å²) in [6.45, 7) is 0. The van der Waals surface area contributed by atoms with E-state index in [2.05, 4.69) is 22.1 Å². The van der Waals surface area contributed by atoms with E-state index < -0.39 is 0 Å². The summed E-state index contributed by atoms with van der Waals surface area (Å²) >= 11 is 0. The molecule has 2 aliphatic heterocycles. The summed E-state index contributed by atoms with van der Waals surface area (Å²) in [6.07, 6.45) is 3.46. The van der Waals surface area contributed by atoms with Gasteiger partial charge >= 0.3 is 5.69 Å². The number of fused-ring (bicyclic) bond motifs is 5. The van der Waals surface area contributed by atoms with Crippen molar-refractivity contribution in [1.82, 2.24) is 14.9 Å². The minimum Gasteiger partial charge on any atom is -0.323 e. The molecule has 19 heavy (non-hydrogen) atoms. The number of imidazole rings is 1. The number of aromatic amines is 2. The molecule has 2 bridgehead atoms. The highest BCUT2D eigenvalue weighted by Crippen LogP contribution is 2.53. The third-order valence-corrected chi connectivity index (χ3v) is 4.16. The molecule has 1 saturated heterocycles. The molecule has 2 aromatic rings. The number of amides is 1. The molecule has 2 N–H and O–H groups in total. The lowest BCUT2D eigenvalue weighted by Gasteiger charge is -2.21. The van der Waals surface area contributed by atoms with Gasteiger partial charge in [0.25, 0.3) is 5.91 Å². The highest BCUT2D eigenvalue weighted by Gasteiger charge is 2.46. The molecule has 5 nitrogen and oxygen atoms in total. The molecule has 96 valence electrons. The average molecular weight is 255 g/mol. The number of carbonyl (C=O) groups is 1. The van der Waals surface area contributed by atoms with Gasteiger partial charge in [-0.05, 0) is 24.0 Å². The fourth-order valence-electron chi connectivity index (χ4n) is 3.41. The average Bonchev–Trinajstić information content (AvgIpc) is 3.11. The summed E-state index contributed by atoms with van der Waals surface area (Å²) in [5, 5.41) is 0. The molecular formula is C14H13N3O2. The summed E-state index contributed by atoms with van der Waals surface area (Å²) < 4.78 is 0. The van der Waals surface area contributed by atoms with E-state index in [0.29, 0.717) is 5.69 Å². The lowest BCUT2D eigenvalue weighted by Crippen LogP contribution is -2.28. The second-order valence-corrected chi connectivity index (χ2v) is 5.11. The van der Waals surface area contributed by atoms with E-state index in [-0.39, 0.29) is 23.7 Å². The first-order valence-corrected chi connectivity index (χ1v) is 6.45. The Morgan fingerprint density at radius 1 is 1.16 bits per heavy atom. The van der Waals surface area contributed by atoms with E-state index in [1.54, 1.807) is 0 Å². The molecule has 3 heterocycles. The molecule has 0 aliphatic carbocycles. The molecule has 0 saturated carbocycles. The van der Waals surface area contributed by atoms with Gasteiger partial charge in [-0.3, -0.25) is 4.79 Å². The second-order valence-electron chi connectivity index (χ2n) is 5.11. The molecule has 1 aromatic heterocycles. The molecule has 4 rings (SSSR count). The topological polar surface area (TPSA) is 69.0 Å². The van der Waals surface area contributed by atoms with Crippen molar-refractivity contribution in [3.8, 4) is 0 Å². The molecule has 0 spiro atoms. The number of nitrogens with one attached hydrogen (secondary N) is 2. The molecule has 5 heteroatoms. The first-order valence-electron chi connectivity index (χ1n) is 6.45. The Balaban J connectivity index is 1.76. The van der Waals surface area contributed by atoms with Crippen LogP contribution in [0.5, 0.6) is 0 Å². The highest BCUT2D eigenvalue weighted by atomic mass is 16.2. The van der Waals surface area contributed by atoms with Crippen molar-refractivity contribution in [3.05, 3.63) is 57.8 Å². The number of H-pyrrole nitrogens is 2. The second kappa shape index (κ2) is 3.60. The first-order chi connectivity index (χ1) is 9.25. The predicted molar refractivity (Wildman–Crippen MR) is 68.7 cm³/mol. The van der Waals surface area contributed by atoms with E-state index in [9.17, 15) is 9.59 Å². The van der Waals surface area contributed by atoms with Crippen LogP contribution >= 0.6 is 0 Å². The van der Waals surface area contributed by atoms with Gasteiger partial charge in [0.2, 0.25) is 0 Å². The highest BCUT2D eigenvalue weighted by molar-refractivity contribution is 5.93. The van der Waals surface area contributed by atoms with Crippen LogP contribution in [0.25, 0.3) is 0 Å². The van der Waals surface area contributed by atoms with Crippen LogP contribution in [-0.2, 0) is 0 Å². The molecule has 0 radical (unpaired) electrons. The zero-order valence-electron chi connectivity index (χ0n) is 10.2. The maximum atomic E-state index is 12.5. The van der Waals surface area contributed by atoms with Gasteiger partial charge in [-0.25, -0.2) is 4.79 Å². The Hall–Kier alpha value is -2.30. The summed E-state index contributed by atoms with van der Waals surface area (Å²) in [7, 11) is 0. The van der Waals surface area contributed by atoms with Crippen LogP contribution in [0.1, 0.15) is 46.5 Å². The van der Waals surface area contributed by atoms with Crippen molar-refractivity contribution in [2.75, 3.05) is 0 Å². The van der Waals surface area contributed by atoms with Gasteiger partial charge in [0, 0.05) is 6.20 Å². The van der Waals surface area contributed by atoms with Gasteiger partial charge in [0.15, 0.2) is 0 Å². The number of rotatable bonds is 1. The fourth-order valence-corrected chi connectivity index (χ4v) is 3.41. The summed E-state index contributed by atoms with van der Waals surface area (Å²) in [5.41, 5.74) is 2.51. The minimum atomic E-state index is -0.340. The SMILES string of the molecule is O=C(c1c[nH]c(=O)[nH]1)N1C2CCC1c1ccccc12. The van der Waals surface area contributed by atoms with Crippen LogP contribution in [0.4, 0.5) is 0 Å². The predicted octanol–water partition coefficient (Wildman–Crippen LogP) is 1.73. The number of carbonyl (C=O) groups excluding carboxylic acids is 1. The van der Waals surface area contributed by atoms with Crippen molar-refractivity contribution >= 4 is 5.91 Å². The van der Waals surface area contributed by atoms with Crippen LogP contribution in [-0.4, -0.2) is 20.8 Å². The van der Waals surface area contributed by atoms with Crippen LogP contribution in [0.15, 0.2) is 35.3 Å². The van der Waals surface area contributed by atoms with Crippen molar-refractivity contribution in [3.63, 3.8) is 0 Å². The van der Waals surface area contributed by atoms with Crippen molar-refractivity contribution in [2.45, 2.75) is 24.9 Å². The molecular weight excluding hydrogens is 242 g/mol. The third-order valence-electron chi connectivity index (χ3n) is 4.16. The fraction of sp³-hybridized carbons (Fsp3) is 0.286. The number of nitrogens with zero attached hydrogens (tertiary/aromatic N) is 1. The monoisotopic (exact) mass is 255 g/mol. The molecule has 2 atom stereocenters. The molecule has 1 amide bonds. The number of hydrogen-bond donors (Lipinski definition) is 2. The van der Waals surface area contributed by atoms with E-state index in [1.165, 1.54) is 17.3 Å². The molecule has 2 aliphatic rings. The lowest BCUT2D eigenvalue weighted by atomic mass is 9.92. The summed E-state index contributed by atoms with van der Waals surface area (Å²) in [6, 6.07) is 8.54. The van der Waals surface area contributed by atoms with Crippen molar-refractivity contribution in [2.24, 2.45) is 0 Å². The zero-order valence-corrected chi connectivity index (χ0v) is 10.2. The van der Waals surface area contributed by atoms with E-state index in [1.807, 2.05) is 17.0 Å². The minimum absolute atomic E-state index is 0.0953. The van der Waals surface area contributed by atoms with Gasteiger partial charge in [-0.1, -0.05) is 24.3 Å². The largest absolute Gasteiger partial charge is 0.323 e. The van der Waals surface area contributed by atoms with E-state index in [0.717, 1.165) is 12.8 Å². The molecule has 1 aromatic carbocycles. The van der Waals surface area contributed by atoms with Crippen LogP contribution < -0.4 is 5.69 Å². The summed E-state index contributed by atoms with van der Waals surface area (Å²) in [5.74, 6) is -0.0953. The normalized spacial score (nSPS) is 23.7. The van der Waals surface area contributed by atoms with Gasteiger partial charge in [-0.2, -0.15) is 0 Å². The van der Waals surface area contributed by atoms with Crippen LogP contribution in [0.3, 0.4) is 0 Å². The maximum absolute atomic E-state index is 12.5. The van der Waals surface area contributed by atoms with E-state index in [4.69, 9.17) is 0 Å². The van der Waals surface area contributed by atoms with Crippen molar-refractivity contribution < 1.29 is 4.79 Å². The Bertz CT molecular complexity index is 684. The standard InChI is InChI=1S/C14H13N3O2/c18-13(10-7-15-14(19)16-10)17-11-5-6-12(17)9-4-2-1-3-8(9)11/h1-4,7,11-12H,5-6H2,(H2,15,16,19). The Labute approximate surface area is 109 Å². The first kappa shape index (κ1) is 10.6. The van der Waals surface area contributed by atoms with Crippen LogP contribution in [0.2, 0.25) is 0 Å². The number of benzene rings is 1. The van der Waals surface area contributed by atoms with Gasteiger partial charge in [0.1, 0.15) is 5.69 Å². The van der Waals surface area contributed by atoms with Crippen molar-refractivity contribution in [1.29, 1.82) is 0 Å². The third kappa shape index (κ3) is 1.35. The zero-order chi connectivity index (χ0) is 13.0.